The lowest BCUT2D eigenvalue weighted by Gasteiger charge is -2.20. The van der Waals surface area contributed by atoms with Gasteiger partial charge in [-0.3, -0.25) is 4.79 Å². The molecule has 0 aromatic heterocycles. The van der Waals surface area contributed by atoms with Crippen LogP contribution < -0.4 is 27.0 Å². The van der Waals surface area contributed by atoms with E-state index in [4.69, 9.17) is 11.6 Å². The molecule has 2 aromatic carbocycles. The van der Waals surface area contributed by atoms with Crippen LogP contribution in [-0.4, -0.2) is 18.1 Å². The molecule has 0 aliphatic carbocycles. The van der Waals surface area contributed by atoms with Gasteiger partial charge in [-0.05, 0) is 41.8 Å². The quantitative estimate of drug-likeness (QED) is 0.545. The number of halogens is 1. The molecule has 1 saturated heterocycles. The van der Waals surface area contributed by atoms with Crippen molar-refractivity contribution in [1.82, 2.24) is 21.7 Å². The topological polar surface area (TPSA) is 77.2 Å². The van der Waals surface area contributed by atoms with Crippen molar-refractivity contribution >= 4 is 23.2 Å². The fourth-order valence-corrected chi connectivity index (χ4v) is 2.74. The van der Waals surface area contributed by atoms with E-state index in [0.717, 1.165) is 17.7 Å². The van der Waals surface area contributed by atoms with E-state index in [-0.39, 0.29) is 12.1 Å². The lowest BCUT2D eigenvalue weighted by atomic mass is 10.1. The molecular formula is C18H22ClN5O. The third kappa shape index (κ3) is 4.70. The number of carbonyl (C=O) groups excluding carboxylic acids is 1. The van der Waals surface area contributed by atoms with Crippen LogP contribution in [0.5, 0.6) is 0 Å². The van der Waals surface area contributed by atoms with E-state index in [1.807, 2.05) is 24.3 Å². The first-order chi connectivity index (χ1) is 12.2. The summed E-state index contributed by atoms with van der Waals surface area (Å²) in [5.41, 5.74) is 12.0. The molecule has 1 heterocycles. The zero-order valence-electron chi connectivity index (χ0n) is 14.0. The van der Waals surface area contributed by atoms with Gasteiger partial charge in [-0.1, -0.05) is 42.8 Å². The van der Waals surface area contributed by atoms with Crippen LogP contribution in [0.2, 0.25) is 5.02 Å². The number of hydrazine groups is 2. The highest BCUT2D eigenvalue weighted by molar-refractivity contribution is 6.30. The second-order valence-corrected chi connectivity index (χ2v) is 6.34. The van der Waals surface area contributed by atoms with Crippen LogP contribution in [0.1, 0.15) is 18.1 Å². The van der Waals surface area contributed by atoms with Crippen LogP contribution in [-0.2, 0) is 17.8 Å². The molecule has 1 aliphatic heterocycles. The van der Waals surface area contributed by atoms with E-state index in [1.165, 1.54) is 5.56 Å². The average Bonchev–Trinajstić information content (AvgIpc) is 3.10. The van der Waals surface area contributed by atoms with Crippen LogP contribution in [0.4, 0.5) is 5.69 Å². The minimum Gasteiger partial charge on any atom is -0.367 e. The average molecular weight is 360 g/mol. The first-order valence-electron chi connectivity index (χ1n) is 8.29. The maximum Gasteiger partial charge on any atom is 0.242 e. The van der Waals surface area contributed by atoms with Crippen molar-refractivity contribution in [2.45, 2.75) is 32.1 Å². The van der Waals surface area contributed by atoms with E-state index in [1.54, 1.807) is 12.1 Å². The van der Waals surface area contributed by atoms with Gasteiger partial charge in [0.25, 0.3) is 0 Å². The standard InChI is InChI=1S/C18H22ClN5O/c1-2-12-3-5-13(6-4-12)11-20-18(25)16-17(23-24-22-16)21-15-9-7-14(19)8-10-15/h3-10,16-17,21-24H,2,11H2,1H3,(H,20,25). The summed E-state index contributed by atoms with van der Waals surface area (Å²) in [7, 11) is 0. The highest BCUT2D eigenvalue weighted by Gasteiger charge is 2.32. The molecule has 7 heteroatoms. The summed E-state index contributed by atoms with van der Waals surface area (Å²) in [5, 5.41) is 6.89. The number of benzene rings is 2. The van der Waals surface area contributed by atoms with Gasteiger partial charge in [0.05, 0.1) is 0 Å². The summed E-state index contributed by atoms with van der Waals surface area (Å²) in [6.07, 6.45) is 0.720. The van der Waals surface area contributed by atoms with Crippen molar-refractivity contribution in [2.75, 3.05) is 5.32 Å². The molecule has 132 valence electrons. The first kappa shape index (κ1) is 17.7. The van der Waals surface area contributed by atoms with E-state index in [2.05, 4.69) is 46.1 Å². The van der Waals surface area contributed by atoms with Crippen molar-refractivity contribution in [3.8, 4) is 0 Å². The van der Waals surface area contributed by atoms with Gasteiger partial charge in [0, 0.05) is 17.3 Å². The minimum atomic E-state index is -0.453. The first-order valence-corrected chi connectivity index (χ1v) is 8.67. The second-order valence-electron chi connectivity index (χ2n) is 5.91. The van der Waals surface area contributed by atoms with Gasteiger partial charge in [0.1, 0.15) is 12.2 Å². The van der Waals surface area contributed by atoms with E-state index in [9.17, 15) is 4.79 Å². The summed E-state index contributed by atoms with van der Waals surface area (Å²) in [6, 6.07) is 15.1. The molecule has 5 N–H and O–H groups in total. The van der Waals surface area contributed by atoms with E-state index >= 15 is 0 Å². The molecule has 1 fully saturated rings. The smallest absolute Gasteiger partial charge is 0.242 e. The molecule has 0 radical (unpaired) electrons. The third-order valence-electron chi connectivity index (χ3n) is 4.14. The molecule has 0 bridgehead atoms. The summed E-state index contributed by atoms with van der Waals surface area (Å²) < 4.78 is 0. The number of nitrogens with one attached hydrogen (secondary N) is 5. The summed E-state index contributed by atoms with van der Waals surface area (Å²) in [4.78, 5) is 12.5. The van der Waals surface area contributed by atoms with Gasteiger partial charge in [0.15, 0.2) is 0 Å². The normalized spacial score (nSPS) is 19.6. The molecule has 25 heavy (non-hydrogen) atoms. The van der Waals surface area contributed by atoms with Gasteiger partial charge in [-0.15, -0.1) is 0 Å². The SMILES string of the molecule is CCc1ccc(CNC(=O)C2NNNC2Nc2ccc(Cl)cc2)cc1. The molecule has 0 spiro atoms. The monoisotopic (exact) mass is 359 g/mol. The third-order valence-corrected chi connectivity index (χ3v) is 4.39. The Morgan fingerprint density at radius 2 is 1.72 bits per heavy atom. The van der Waals surface area contributed by atoms with Gasteiger partial charge in [-0.25, -0.2) is 10.9 Å². The number of aryl methyl sites for hydroxylation is 1. The number of anilines is 1. The van der Waals surface area contributed by atoms with E-state index in [0.29, 0.717) is 11.6 Å². The lowest BCUT2D eigenvalue weighted by Crippen LogP contribution is -2.50. The summed E-state index contributed by atoms with van der Waals surface area (Å²) in [6.45, 7) is 2.62. The Morgan fingerprint density at radius 3 is 2.40 bits per heavy atom. The van der Waals surface area contributed by atoms with Crippen LogP contribution >= 0.6 is 11.6 Å². The number of amides is 1. The Bertz CT molecular complexity index is 704. The second kappa shape index (κ2) is 8.31. The molecule has 6 nitrogen and oxygen atoms in total. The Labute approximate surface area is 152 Å². The number of carbonyl (C=O) groups is 1. The maximum atomic E-state index is 12.5. The van der Waals surface area contributed by atoms with Gasteiger partial charge in [0.2, 0.25) is 5.91 Å². The number of rotatable bonds is 6. The molecule has 2 atom stereocenters. The van der Waals surface area contributed by atoms with Gasteiger partial charge in [-0.2, -0.15) is 5.53 Å². The van der Waals surface area contributed by atoms with Crippen molar-refractivity contribution in [3.05, 3.63) is 64.7 Å². The molecular weight excluding hydrogens is 338 g/mol. The largest absolute Gasteiger partial charge is 0.367 e. The van der Waals surface area contributed by atoms with Crippen LogP contribution in [0.25, 0.3) is 0 Å². The Morgan fingerprint density at radius 1 is 1.04 bits per heavy atom. The summed E-state index contributed by atoms with van der Waals surface area (Å²) in [5.74, 6) is -0.0940. The van der Waals surface area contributed by atoms with E-state index < -0.39 is 6.04 Å². The van der Waals surface area contributed by atoms with Crippen LogP contribution in [0, 0.1) is 0 Å². The minimum absolute atomic E-state index is 0.0940. The van der Waals surface area contributed by atoms with Crippen molar-refractivity contribution in [1.29, 1.82) is 0 Å². The Balaban J connectivity index is 1.55. The fourth-order valence-electron chi connectivity index (χ4n) is 2.62. The zero-order valence-corrected chi connectivity index (χ0v) is 14.7. The van der Waals surface area contributed by atoms with Crippen molar-refractivity contribution in [2.24, 2.45) is 0 Å². The molecule has 1 amide bonds. The predicted molar refractivity (Wildman–Crippen MR) is 99.7 cm³/mol. The summed E-state index contributed by atoms with van der Waals surface area (Å²) >= 11 is 5.89. The molecule has 0 saturated carbocycles. The predicted octanol–water partition coefficient (Wildman–Crippen LogP) is 1.94. The van der Waals surface area contributed by atoms with Crippen LogP contribution in [0.3, 0.4) is 0 Å². The highest BCUT2D eigenvalue weighted by atomic mass is 35.5. The van der Waals surface area contributed by atoms with Gasteiger partial charge >= 0.3 is 0 Å². The van der Waals surface area contributed by atoms with Crippen LogP contribution in [0.15, 0.2) is 48.5 Å². The Hall–Kier alpha value is -2.12. The van der Waals surface area contributed by atoms with Crippen molar-refractivity contribution in [3.63, 3.8) is 0 Å². The van der Waals surface area contributed by atoms with Crippen molar-refractivity contribution < 1.29 is 4.79 Å². The number of hydrogen-bond acceptors (Lipinski definition) is 5. The molecule has 1 aliphatic rings. The maximum absolute atomic E-state index is 12.5. The number of hydrogen-bond donors (Lipinski definition) is 5. The zero-order chi connectivity index (χ0) is 17.6. The Kier molecular flexibility index (Phi) is 5.88. The molecule has 3 rings (SSSR count). The fraction of sp³-hybridized carbons (Fsp3) is 0.278. The highest BCUT2D eigenvalue weighted by Crippen LogP contribution is 2.15. The lowest BCUT2D eigenvalue weighted by molar-refractivity contribution is -0.123. The van der Waals surface area contributed by atoms with Gasteiger partial charge < -0.3 is 10.6 Å². The molecule has 2 aromatic rings. The molecule has 2 unspecified atom stereocenters.